The van der Waals surface area contributed by atoms with Gasteiger partial charge in [0.2, 0.25) is 5.91 Å². The van der Waals surface area contributed by atoms with Crippen LogP contribution in [0.2, 0.25) is 0 Å². The van der Waals surface area contributed by atoms with Gasteiger partial charge < -0.3 is 10.4 Å². The minimum atomic E-state index is -1.72. The zero-order valence-electron chi connectivity index (χ0n) is 10.2. The maximum atomic E-state index is 11.7. The average Bonchev–Trinajstić information content (AvgIpc) is 2.11. The van der Waals surface area contributed by atoms with E-state index in [-0.39, 0.29) is 5.91 Å². The molecule has 0 saturated heterocycles. The number of rotatable bonds is 4. The molecule has 0 aromatic heterocycles. The molecule has 0 rings (SSSR count). The molecule has 0 bridgehead atoms. The first-order valence-electron chi connectivity index (χ1n) is 5.00. The first kappa shape index (κ1) is 15.1. The second-order valence-electron chi connectivity index (χ2n) is 4.69. The molecule has 0 saturated carbocycles. The molecule has 6 heteroatoms. The van der Waals surface area contributed by atoms with Crippen molar-refractivity contribution in [1.82, 2.24) is 5.32 Å². The molecule has 0 radical (unpaired) electrons. The van der Waals surface area contributed by atoms with Crippen LogP contribution in [0.15, 0.2) is 0 Å². The number of amides is 1. The number of carbonyl (C=O) groups excluding carboxylic acids is 1. The minimum absolute atomic E-state index is 0.390. The molecular formula is C10H19NO4S. The van der Waals surface area contributed by atoms with Crippen LogP contribution in [0.1, 0.15) is 34.6 Å². The third kappa shape index (κ3) is 4.74. The Morgan fingerprint density at radius 3 is 1.94 bits per heavy atom. The molecule has 2 N–H and O–H groups in total. The van der Waals surface area contributed by atoms with Gasteiger partial charge in [-0.15, -0.1) is 0 Å². The average molecular weight is 249 g/mol. The zero-order valence-corrected chi connectivity index (χ0v) is 11.1. The van der Waals surface area contributed by atoms with E-state index in [9.17, 15) is 13.8 Å². The number of carboxylic acid groups (broad SMARTS) is 1. The molecule has 3 unspecified atom stereocenters. The van der Waals surface area contributed by atoms with Crippen LogP contribution in [-0.4, -0.2) is 37.2 Å². The first-order chi connectivity index (χ1) is 7.06. The molecule has 0 aliphatic rings. The highest BCUT2D eigenvalue weighted by atomic mass is 32.2. The van der Waals surface area contributed by atoms with Gasteiger partial charge in [-0.1, -0.05) is 0 Å². The van der Waals surface area contributed by atoms with E-state index < -0.39 is 32.8 Å². The summed E-state index contributed by atoms with van der Waals surface area (Å²) in [4.78, 5) is 22.3. The van der Waals surface area contributed by atoms with E-state index in [1.54, 1.807) is 20.8 Å². The SMILES string of the molecule is CC(C(=O)O)S(=O)C(C)C(=O)NC(C)(C)C. The number of hydrogen-bond donors (Lipinski definition) is 2. The number of carboxylic acids is 1. The Morgan fingerprint density at radius 2 is 1.62 bits per heavy atom. The van der Waals surface area contributed by atoms with Crippen molar-refractivity contribution in [2.75, 3.05) is 0 Å². The molecule has 5 nitrogen and oxygen atoms in total. The van der Waals surface area contributed by atoms with E-state index in [4.69, 9.17) is 5.11 Å². The topological polar surface area (TPSA) is 83.5 Å². The Bertz CT molecular complexity index is 308. The molecule has 0 aromatic rings. The monoisotopic (exact) mass is 249 g/mol. The summed E-state index contributed by atoms with van der Waals surface area (Å²) in [5.74, 6) is -1.55. The second kappa shape index (κ2) is 5.43. The lowest BCUT2D eigenvalue weighted by Crippen LogP contribution is -2.47. The number of carbonyl (C=O) groups is 2. The normalized spacial score (nSPS) is 17.3. The highest BCUT2D eigenvalue weighted by Crippen LogP contribution is 2.07. The fraction of sp³-hybridized carbons (Fsp3) is 0.800. The Hall–Kier alpha value is -0.910. The highest BCUT2D eigenvalue weighted by molar-refractivity contribution is 7.87. The maximum absolute atomic E-state index is 11.7. The zero-order chi connectivity index (χ0) is 13.1. The van der Waals surface area contributed by atoms with Crippen LogP contribution in [0.4, 0.5) is 0 Å². The molecule has 3 atom stereocenters. The molecule has 94 valence electrons. The lowest BCUT2D eigenvalue weighted by atomic mass is 10.1. The van der Waals surface area contributed by atoms with Gasteiger partial charge in [0.25, 0.3) is 0 Å². The van der Waals surface area contributed by atoms with Crippen molar-refractivity contribution < 1.29 is 18.9 Å². The van der Waals surface area contributed by atoms with Gasteiger partial charge in [0.1, 0.15) is 10.5 Å². The van der Waals surface area contributed by atoms with Gasteiger partial charge in [0.15, 0.2) is 0 Å². The van der Waals surface area contributed by atoms with Crippen LogP contribution < -0.4 is 5.32 Å². The lowest BCUT2D eigenvalue weighted by Gasteiger charge is -2.23. The Kier molecular flexibility index (Phi) is 5.12. The van der Waals surface area contributed by atoms with Crippen LogP contribution in [-0.2, 0) is 20.4 Å². The van der Waals surface area contributed by atoms with Crippen molar-refractivity contribution >= 4 is 22.7 Å². The molecule has 16 heavy (non-hydrogen) atoms. The smallest absolute Gasteiger partial charge is 0.319 e. The standard InChI is InChI=1S/C10H19NO4S/c1-6(8(12)11-10(3,4)5)16(15)7(2)9(13)14/h6-7H,1-5H3,(H,11,12)(H,13,14). The second-order valence-corrected chi connectivity index (χ2v) is 6.76. The van der Waals surface area contributed by atoms with E-state index in [2.05, 4.69) is 5.32 Å². The molecule has 0 heterocycles. The molecular weight excluding hydrogens is 230 g/mol. The van der Waals surface area contributed by atoms with E-state index in [1.165, 1.54) is 13.8 Å². The van der Waals surface area contributed by atoms with Crippen LogP contribution in [0, 0.1) is 0 Å². The fourth-order valence-corrected chi connectivity index (χ4v) is 2.06. The summed E-state index contributed by atoms with van der Waals surface area (Å²) in [5, 5.41) is 9.49. The summed E-state index contributed by atoms with van der Waals surface area (Å²) >= 11 is 0. The van der Waals surface area contributed by atoms with Crippen molar-refractivity contribution in [3.05, 3.63) is 0 Å². The van der Waals surface area contributed by atoms with Gasteiger partial charge in [-0.2, -0.15) is 0 Å². The molecule has 1 amide bonds. The van der Waals surface area contributed by atoms with E-state index in [0.717, 1.165) is 0 Å². The molecule has 0 aliphatic carbocycles. The van der Waals surface area contributed by atoms with Crippen molar-refractivity contribution in [2.45, 2.75) is 50.7 Å². The van der Waals surface area contributed by atoms with Crippen LogP contribution in [0.5, 0.6) is 0 Å². The number of hydrogen-bond acceptors (Lipinski definition) is 3. The molecule has 0 spiro atoms. The summed E-state index contributed by atoms with van der Waals surface area (Å²) < 4.78 is 11.7. The van der Waals surface area contributed by atoms with Crippen molar-refractivity contribution in [3.63, 3.8) is 0 Å². The first-order valence-corrected chi connectivity index (χ1v) is 6.28. The van der Waals surface area contributed by atoms with Crippen LogP contribution in [0.3, 0.4) is 0 Å². The summed E-state index contributed by atoms with van der Waals surface area (Å²) in [6, 6.07) is 0. The van der Waals surface area contributed by atoms with Crippen LogP contribution >= 0.6 is 0 Å². The third-order valence-corrected chi connectivity index (χ3v) is 3.72. The van der Waals surface area contributed by atoms with E-state index in [1.807, 2.05) is 0 Å². The third-order valence-electron chi connectivity index (χ3n) is 1.91. The van der Waals surface area contributed by atoms with Gasteiger partial charge in [0.05, 0.1) is 0 Å². The Morgan fingerprint density at radius 1 is 1.19 bits per heavy atom. The van der Waals surface area contributed by atoms with Gasteiger partial charge in [-0.3, -0.25) is 13.8 Å². The minimum Gasteiger partial charge on any atom is -0.480 e. The fourth-order valence-electron chi connectivity index (χ4n) is 0.982. The quantitative estimate of drug-likeness (QED) is 0.760. The van der Waals surface area contributed by atoms with Gasteiger partial charge >= 0.3 is 5.97 Å². The molecule has 0 aliphatic heterocycles. The summed E-state index contributed by atoms with van der Waals surface area (Å²) in [6.45, 7) is 8.22. The summed E-state index contributed by atoms with van der Waals surface area (Å²) in [7, 11) is -1.72. The summed E-state index contributed by atoms with van der Waals surface area (Å²) in [6.07, 6.45) is 0. The lowest BCUT2D eigenvalue weighted by molar-refractivity contribution is -0.136. The predicted molar refractivity (Wildman–Crippen MR) is 62.6 cm³/mol. The predicted octanol–water partition coefficient (Wildman–Crippen LogP) is 0.511. The van der Waals surface area contributed by atoms with Gasteiger partial charge in [-0.05, 0) is 34.6 Å². The maximum Gasteiger partial charge on any atom is 0.319 e. The van der Waals surface area contributed by atoms with Crippen molar-refractivity contribution in [1.29, 1.82) is 0 Å². The van der Waals surface area contributed by atoms with Gasteiger partial charge in [-0.25, -0.2) is 0 Å². The van der Waals surface area contributed by atoms with Crippen molar-refractivity contribution in [3.8, 4) is 0 Å². The van der Waals surface area contributed by atoms with Crippen molar-refractivity contribution in [2.24, 2.45) is 0 Å². The Balaban J connectivity index is 4.57. The Labute approximate surface area is 98.1 Å². The van der Waals surface area contributed by atoms with E-state index in [0.29, 0.717) is 0 Å². The summed E-state index contributed by atoms with van der Waals surface area (Å²) in [5.41, 5.74) is -0.415. The van der Waals surface area contributed by atoms with Gasteiger partial charge in [0, 0.05) is 16.3 Å². The highest BCUT2D eigenvalue weighted by Gasteiger charge is 2.30. The van der Waals surface area contributed by atoms with E-state index >= 15 is 0 Å². The van der Waals surface area contributed by atoms with Crippen LogP contribution in [0.25, 0.3) is 0 Å². The molecule has 0 fully saturated rings. The number of nitrogens with one attached hydrogen (secondary N) is 1. The molecule has 0 aromatic carbocycles. The largest absolute Gasteiger partial charge is 0.480 e. The number of aliphatic carboxylic acids is 1.